The van der Waals surface area contributed by atoms with Crippen LogP contribution in [0.15, 0.2) is 0 Å². The molecule has 0 saturated heterocycles. The van der Waals surface area contributed by atoms with E-state index < -0.39 is 23.9 Å². The Morgan fingerprint density at radius 3 is 2.24 bits per heavy atom. The van der Waals surface area contributed by atoms with E-state index in [0.29, 0.717) is 5.75 Å². The smallest absolute Gasteiger partial charge is 0.320 e. The van der Waals surface area contributed by atoms with Crippen LogP contribution in [0.4, 0.5) is 0 Å². The Morgan fingerprint density at radius 1 is 1.24 bits per heavy atom. The lowest BCUT2D eigenvalue weighted by Crippen LogP contribution is -2.31. The van der Waals surface area contributed by atoms with E-state index in [2.05, 4.69) is 0 Å². The molecule has 0 aliphatic heterocycles. The molecule has 0 aromatic rings. The highest BCUT2D eigenvalue weighted by atomic mass is 32.2. The number of rotatable bonds is 9. The zero-order valence-corrected chi connectivity index (χ0v) is 10.4. The summed E-state index contributed by atoms with van der Waals surface area (Å²) in [7, 11) is 0. The number of hydrogen-bond acceptors (Lipinski definition) is 5. The van der Waals surface area contributed by atoms with Gasteiger partial charge >= 0.3 is 11.9 Å². The summed E-state index contributed by atoms with van der Waals surface area (Å²) in [4.78, 5) is 32.6. The molecule has 17 heavy (non-hydrogen) atoms. The van der Waals surface area contributed by atoms with E-state index in [1.807, 2.05) is 0 Å². The molecule has 2 atom stereocenters. The normalized spacial score (nSPS) is 14.0. The number of nitrogens with two attached hydrogens (primary N) is 1. The Hall–Kier alpha value is -1.08. The summed E-state index contributed by atoms with van der Waals surface area (Å²) in [5.74, 6) is -2.76. The summed E-state index contributed by atoms with van der Waals surface area (Å²) in [5.41, 5.74) is 5.24. The molecule has 0 radical (unpaired) electrons. The van der Waals surface area contributed by atoms with Crippen molar-refractivity contribution >= 4 is 29.5 Å². The van der Waals surface area contributed by atoms with Gasteiger partial charge in [-0.05, 0) is 12.7 Å². The van der Waals surface area contributed by atoms with Crippen LogP contribution in [-0.4, -0.2) is 46.0 Å². The van der Waals surface area contributed by atoms with Gasteiger partial charge in [-0.1, -0.05) is 0 Å². The van der Waals surface area contributed by atoms with Crippen LogP contribution in [-0.2, 0) is 14.4 Å². The van der Waals surface area contributed by atoms with Gasteiger partial charge in [-0.2, -0.15) is 11.8 Å². The first kappa shape index (κ1) is 15.9. The average Bonchev–Trinajstić information content (AvgIpc) is 2.24. The Bertz CT molecular complexity index is 294. The van der Waals surface area contributed by atoms with Gasteiger partial charge in [-0.25, -0.2) is 0 Å². The highest BCUT2D eigenvalue weighted by Gasteiger charge is 2.21. The first-order valence-electron chi connectivity index (χ1n) is 5.10. The van der Waals surface area contributed by atoms with Crippen molar-refractivity contribution in [1.29, 1.82) is 0 Å². The first-order chi connectivity index (χ1) is 7.88. The van der Waals surface area contributed by atoms with E-state index in [1.54, 1.807) is 6.26 Å². The maximum absolute atomic E-state index is 11.4. The molecule has 1 unspecified atom stereocenters. The minimum atomic E-state index is -1.16. The van der Waals surface area contributed by atoms with Crippen LogP contribution in [0, 0.1) is 5.92 Å². The van der Waals surface area contributed by atoms with Gasteiger partial charge < -0.3 is 15.9 Å². The molecule has 0 aromatic carbocycles. The van der Waals surface area contributed by atoms with Gasteiger partial charge in [-0.3, -0.25) is 14.4 Å². The molecule has 0 aliphatic carbocycles. The highest BCUT2D eigenvalue weighted by Crippen LogP contribution is 2.13. The monoisotopic (exact) mass is 263 g/mol. The fourth-order valence-corrected chi connectivity index (χ4v) is 1.90. The van der Waals surface area contributed by atoms with E-state index in [1.165, 1.54) is 11.8 Å². The predicted molar refractivity (Wildman–Crippen MR) is 64.0 cm³/mol. The fraction of sp³-hybridized carbons (Fsp3) is 0.700. The topological polar surface area (TPSA) is 118 Å². The van der Waals surface area contributed by atoms with E-state index in [-0.39, 0.29) is 25.0 Å². The number of Topliss-reactive ketones (excluding diaryl/α,β-unsaturated/α-hetero) is 1. The predicted octanol–water partition coefficient (Wildman–Crippen LogP) is 0.202. The van der Waals surface area contributed by atoms with Crippen molar-refractivity contribution in [3.63, 3.8) is 0 Å². The van der Waals surface area contributed by atoms with E-state index in [9.17, 15) is 14.4 Å². The zero-order valence-electron chi connectivity index (χ0n) is 9.59. The standard InChI is InChI=1S/C10H17NO5S/c1-17-5-6(9(13)14)4-7(12)2-3-8(11)10(15)16/h6,8H,2-5,11H2,1H3,(H,13,14)(H,15,16)/t6?,8-/m1/s1. The van der Waals surface area contributed by atoms with E-state index in [4.69, 9.17) is 15.9 Å². The van der Waals surface area contributed by atoms with Crippen LogP contribution in [0.1, 0.15) is 19.3 Å². The third kappa shape index (κ3) is 6.96. The number of carboxylic acids is 2. The van der Waals surface area contributed by atoms with Crippen LogP contribution in [0.25, 0.3) is 0 Å². The van der Waals surface area contributed by atoms with Crippen LogP contribution in [0.3, 0.4) is 0 Å². The second kappa shape index (κ2) is 8.08. The molecular weight excluding hydrogens is 246 g/mol. The molecule has 98 valence electrons. The third-order valence-electron chi connectivity index (χ3n) is 2.24. The summed E-state index contributed by atoms with van der Waals surface area (Å²) >= 11 is 1.36. The average molecular weight is 263 g/mol. The van der Waals surface area contributed by atoms with E-state index in [0.717, 1.165) is 0 Å². The second-order valence-corrected chi connectivity index (χ2v) is 4.63. The van der Waals surface area contributed by atoms with Crippen LogP contribution in [0.5, 0.6) is 0 Å². The summed E-state index contributed by atoms with van der Waals surface area (Å²) in [5, 5.41) is 17.4. The lowest BCUT2D eigenvalue weighted by Gasteiger charge is -2.10. The number of aliphatic carboxylic acids is 2. The van der Waals surface area contributed by atoms with Crippen LogP contribution < -0.4 is 5.73 Å². The first-order valence-corrected chi connectivity index (χ1v) is 6.49. The van der Waals surface area contributed by atoms with Crippen molar-refractivity contribution in [2.24, 2.45) is 11.7 Å². The zero-order chi connectivity index (χ0) is 13.4. The minimum absolute atomic E-state index is 0.00558. The van der Waals surface area contributed by atoms with Gasteiger partial charge in [0.05, 0.1) is 5.92 Å². The van der Waals surface area contributed by atoms with Crippen molar-refractivity contribution in [2.45, 2.75) is 25.3 Å². The van der Waals surface area contributed by atoms with Gasteiger partial charge in [0.15, 0.2) is 0 Å². The number of carbonyl (C=O) groups excluding carboxylic acids is 1. The molecule has 4 N–H and O–H groups in total. The molecule has 0 aromatic heterocycles. The Balaban J connectivity index is 4.06. The lowest BCUT2D eigenvalue weighted by molar-refractivity contribution is -0.143. The molecule has 0 amide bonds. The maximum Gasteiger partial charge on any atom is 0.320 e. The molecule has 7 heteroatoms. The van der Waals surface area contributed by atoms with Crippen molar-refractivity contribution in [2.75, 3.05) is 12.0 Å². The quantitative estimate of drug-likeness (QED) is 0.544. The molecule has 0 spiro atoms. The molecule has 0 saturated carbocycles. The molecule has 0 heterocycles. The Morgan fingerprint density at radius 2 is 1.82 bits per heavy atom. The fourth-order valence-electron chi connectivity index (χ4n) is 1.24. The van der Waals surface area contributed by atoms with Crippen LogP contribution in [0.2, 0.25) is 0 Å². The van der Waals surface area contributed by atoms with Crippen molar-refractivity contribution in [3.8, 4) is 0 Å². The largest absolute Gasteiger partial charge is 0.481 e. The molecule has 0 rings (SSSR count). The highest BCUT2D eigenvalue weighted by molar-refractivity contribution is 7.98. The summed E-state index contributed by atoms with van der Waals surface area (Å²) in [6.45, 7) is 0. The van der Waals surface area contributed by atoms with Crippen molar-refractivity contribution in [3.05, 3.63) is 0 Å². The van der Waals surface area contributed by atoms with Crippen LogP contribution >= 0.6 is 11.8 Å². The number of thioether (sulfide) groups is 1. The van der Waals surface area contributed by atoms with Gasteiger partial charge in [0.1, 0.15) is 11.8 Å². The number of hydrogen-bond donors (Lipinski definition) is 3. The minimum Gasteiger partial charge on any atom is -0.481 e. The summed E-state index contributed by atoms with van der Waals surface area (Å²) in [6.07, 6.45) is 1.74. The van der Waals surface area contributed by atoms with Gasteiger partial charge in [-0.15, -0.1) is 0 Å². The van der Waals surface area contributed by atoms with Crippen molar-refractivity contribution < 1.29 is 24.6 Å². The summed E-state index contributed by atoms with van der Waals surface area (Å²) in [6, 6.07) is -1.07. The second-order valence-electron chi connectivity index (χ2n) is 3.72. The van der Waals surface area contributed by atoms with Gasteiger partial charge in [0.2, 0.25) is 0 Å². The maximum atomic E-state index is 11.4. The Kier molecular flexibility index (Phi) is 7.56. The molecule has 0 aliphatic rings. The number of ketones is 1. The molecule has 6 nitrogen and oxygen atoms in total. The summed E-state index contributed by atoms with van der Waals surface area (Å²) < 4.78 is 0. The SMILES string of the molecule is CSCC(CC(=O)CC[C@@H](N)C(=O)O)C(=O)O. The molecule has 0 bridgehead atoms. The third-order valence-corrected chi connectivity index (χ3v) is 2.98. The number of carbonyl (C=O) groups is 3. The molecular formula is C10H17NO5S. The van der Waals surface area contributed by atoms with Crippen molar-refractivity contribution in [1.82, 2.24) is 0 Å². The number of carboxylic acid groups (broad SMARTS) is 2. The van der Waals surface area contributed by atoms with E-state index >= 15 is 0 Å². The molecule has 0 fully saturated rings. The lowest BCUT2D eigenvalue weighted by atomic mass is 10.0. The Labute approximate surface area is 104 Å². The van der Waals surface area contributed by atoms with Gasteiger partial charge in [0, 0.05) is 18.6 Å². The van der Waals surface area contributed by atoms with Gasteiger partial charge in [0.25, 0.3) is 0 Å².